The Morgan fingerprint density at radius 2 is 1.63 bits per heavy atom. The zero-order valence-electron chi connectivity index (χ0n) is 31.4. The van der Waals surface area contributed by atoms with Gasteiger partial charge in [0.1, 0.15) is 5.60 Å². The van der Waals surface area contributed by atoms with E-state index >= 15 is 0 Å². The number of sulfonamides is 1. The van der Waals surface area contributed by atoms with Gasteiger partial charge in [0, 0.05) is 51.1 Å². The first-order valence-corrected chi connectivity index (χ1v) is 20.2. The van der Waals surface area contributed by atoms with Gasteiger partial charge in [-0.3, -0.25) is 24.6 Å². The number of alkyl carbamates (subject to hydrolysis) is 1. The predicted octanol–water partition coefficient (Wildman–Crippen LogP) is 5.74. The topological polar surface area (TPSA) is 146 Å². The van der Waals surface area contributed by atoms with Gasteiger partial charge in [0.2, 0.25) is 15.9 Å². The normalized spacial score (nSPS) is 18.6. The largest absolute Gasteiger partial charge is 0.444 e. The summed E-state index contributed by atoms with van der Waals surface area (Å²) in [6, 6.07) is 21.3. The van der Waals surface area contributed by atoms with Crippen LogP contribution in [0.5, 0.6) is 0 Å². The van der Waals surface area contributed by atoms with Crippen LogP contribution in [-0.2, 0) is 33.1 Å². The molecule has 4 amide bonds. The van der Waals surface area contributed by atoms with E-state index in [0.717, 1.165) is 54.5 Å². The van der Waals surface area contributed by atoms with Crippen molar-refractivity contribution in [2.75, 3.05) is 37.6 Å². The van der Waals surface area contributed by atoms with E-state index in [1.165, 1.54) is 20.3 Å². The van der Waals surface area contributed by atoms with Gasteiger partial charge in [0.25, 0.3) is 0 Å². The number of nitrogens with zero attached hydrogens (tertiary/aromatic N) is 5. The second-order valence-corrected chi connectivity index (χ2v) is 17.5. The smallest absolute Gasteiger partial charge is 0.407 e. The van der Waals surface area contributed by atoms with Gasteiger partial charge in [-0.1, -0.05) is 42.5 Å². The fourth-order valence-electron chi connectivity index (χ4n) is 7.66. The lowest BCUT2D eigenvalue weighted by molar-refractivity contribution is -0.120. The fourth-order valence-corrected chi connectivity index (χ4v) is 9.18. The van der Waals surface area contributed by atoms with Crippen molar-refractivity contribution in [1.82, 2.24) is 29.6 Å². The maximum absolute atomic E-state index is 13.6. The molecule has 286 valence electrons. The molecule has 0 spiro atoms. The van der Waals surface area contributed by atoms with Crippen LogP contribution in [0.15, 0.2) is 71.6 Å². The van der Waals surface area contributed by atoms with Crippen molar-refractivity contribution < 1.29 is 27.5 Å². The number of urea groups is 1. The molecular formula is C40H49N7O6S. The zero-order chi connectivity index (χ0) is 38.2. The Labute approximate surface area is 316 Å². The van der Waals surface area contributed by atoms with Crippen LogP contribution in [0, 0.1) is 0 Å². The molecule has 0 bridgehead atoms. The number of rotatable bonds is 8. The Balaban J connectivity index is 0.926. The number of benzene rings is 3. The van der Waals surface area contributed by atoms with Crippen LogP contribution < -0.4 is 15.5 Å². The molecule has 3 saturated heterocycles. The molecule has 0 aliphatic carbocycles. The molecule has 7 rings (SSSR count). The SMILES string of the molecule is Cn1nc(N2CCC(=O)NC2=O)c2ccc(C3CCN(Cc4ccc(-c5cccc(S(=O)(=O)N6CCC(NC(=O)OC(C)(C)C)CC6)c5)cc4)CC3)cc21. The van der Waals surface area contributed by atoms with E-state index in [1.54, 1.807) is 18.2 Å². The fraction of sp³-hybridized carbons (Fsp3) is 0.450. The summed E-state index contributed by atoms with van der Waals surface area (Å²) in [6.45, 7) is 9.17. The van der Waals surface area contributed by atoms with Gasteiger partial charge in [-0.25, -0.2) is 18.0 Å². The number of nitrogens with one attached hydrogen (secondary N) is 2. The monoisotopic (exact) mass is 755 g/mol. The Hall–Kier alpha value is -4.79. The van der Waals surface area contributed by atoms with E-state index in [4.69, 9.17) is 4.74 Å². The molecule has 3 fully saturated rings. The van der Waals surface area contributed by atoms with Crippen LogP contribution in [0.1, 0.15) is 69.9 Å². The standard InChI is InChI=1S/C40H49N7O6S/c1-40(2,3)53-39(50)41-32-16-21-46(22-17-32)54(51,52)33-7-5-6-30(24-33)28-10-8-27(9-11-28)26-45-19-14-29(15-20-45)31-12-13-34-35(25-31)44(4)43-37(34)47-23-18-36(48)42-38(47)49/h5-13,24-25,29,32H,14-23,26H2,1-4H3,(H,41,50)(H,42,48,49). The molecule has 0 unspecified atom stereocenters. The molecule has 0 saturated carbocycles. The Bertz CT molecular complexity index is 2150. The van der Waals surface area contributed by atoms with E-state index < -0.39 is 27.7 Å². The summed E-state index contributed by atoms with van der Waals surface area (Å²) in [5.74, 6) is 0.733. The number of carbonyl (C=O) groups excluding carboxylic acids is 3. The first kappa shape index (κ1) is 37.5. The Kier molecular flexibility index (Phi) is 10.5. The van der Waals surface area contributed by atoms with Gasteiger partial charge in [0.15, 0.2) is 5.82 Å². The summed E-state index contributed by atoms with van der Waals surface area (Å²) >= 11 is 0. The summed E-state index contributed by atoms with van der Waals surface area (Å²) in [6.07, 6.45) is 2.88. The molecule has 3 aliphatic heterocycles. The predicted molar refractivity (Wildman–Crippen MR) is 206 cm³/mol. The molecule has 0 radical (unpaired) electrons. The highest BCUT2D eigenvalue weighted by molar-refractivity contribution is 7.89. The van der Waals surface area contributed by atoms with Crippen molar-refractivity contribution in [3.63, 3.8) is 0 Å². The number of aryl methyl sites for hydroxylation is 1. The van der Waals surface area contributed by atoms with Crippen LogP contribution >= 0.6 is 0 Å². The number of hydrogen-bond acceptors (Lipinski definition) is 8. The number of piperidine rings is 2. The van der Waals surface area contributed by atoms with E-state index in [1.807, 2.05) is 44.6 Å². The van der Waals surface area contributed by atoms with Gasteiger partial charge in [-0.2, -0.15) is 9.40 Å². The Morgan fingerprint density at radius 3 is 2.31 bits per heavy atom. The molecule has 3 aliphatic rings. The lowest BCUT2D eigenvalue weighted by atomic mass is 9.88. The first-order chi connectivity index (χ1) is 25.7. The van der Waals surface area contributed by atoms with E-state index in [-0.39, 0.29) is 23.3 Å². The highest BCUT2D eigenvalue weighted by Crippen LogP contribution is 2.34. The summed E-state index contributed by atoms with van der Waals surface area (Å²) < 4.78 is 35.9. The van der Waals surface area contributed by atoms with Crippen molar-refractivity contribution in [2.45, 2.75) is 81.9 Å². The summed E-state index contributed by atoms with van der Waals surface area (Å²) in [5, 5.41) is 10.8. The van der Waals surface area contributed by atoms with Gasteiger partial charge in [0.05, 0.1) is 10.4 Å². The van der Waals surface area contributed by atoms with Crippen molar-refractivity contribution in [2.24, 2.45) is 7.05 Å². The number of ether oxygens (including phenoxy) is 1. The third kappa shape index (κ3) is 8.30. The van der Waals surface area contributed by atoms with Gasteiger partial charge in [-0.05, 0) is 112 Å². The number of amides is 4. The summed E-state index contributed by atoms with van der Waals surface area (Å²) in [4.78, 5) is 40.6. The summed E-state index contributed by atoms with van der Waals surface area (Å²) in [5.41, 5.74) is 4.65. The van der Waals surface area contributed by atoms with Crippen LogP contribution in [0.25, 0.3) is 22.0 Å². The van der Waals surface area contributed by atoms with Crippen LogP contribution in [0.3, 0.4) is 0 Å². The molecule has 4 aromatic rings. The average molecular weight is 756 g/mol. The minimum atomic E-state index is -3.69. The number of imide groups is 1. The van der Waals surface area contributed by atoms with Crippen molar-refractivity contribution >= 4 is 44.8 Å². The maximum Gasteiger partial charge on any atom is 0.407 e. The first-order valence-electron chi connectivity index (χ1n) is 18.7. The maximum atomic E-state index is 13.6. The second kappa shape index (κ2) is 15.2. The highest BCUT2D eigenvalue weighted by Gasteiger charge is 2.32. The summed E-state index contributed by atoms with van der Waals surface area (Å²) in [7, 11) is -1.81. The van der Waals surface area contributed by atoms with Crippen LogP contribution in [0.2, 0.25) is 0 Å². The number of fused-ring (bicyclic) bond motifs is 1. The highest BCUT2D eigenvalue weighted by atomic mass is 32.2. The molecule has 14 heteroatoms. The van der Waals surface area contributed by atoms with Gasteiger partial charge >= 0.3 is 12.1 Å². The van der Waals surface area contributed by atoms with E-state index in [0.29, 0.717) is 44.2 Å². The Morgan fingerprint density at radius 1 is 0.907 bits per heavy atom. The number of hydrogen-bond donors (Lipinski definition) is 2. The molecule has 3 aromatic carbocycles. The molecule has 1 aromatic heterocycles. The number of anilines is 1. The quantitative estimate of drug-likeness (QED) is 0.232. The average Bonchev–Trinajstić information content (AvgIpc) is 3.46. The molecule has 4 heterocycles. The number of likely N-dealkylation sites (tertiary alicyclic amines) is 1. The van der Waals surface area contributed by atoms with Gasteiger partial charge in [-0.15, -0.1) is 0 Å². The lowest BCUT2D eigenvalue weighted by Gasteiger charge is -2.32. The molecule has 13 nitrogen and oxygen atoms in total. The zero-order valence-corrected chi connectivity index (χ0v) is 32.2. The number of aromatic nitrogens is 2. The van der Waals surface area contributed by atoms with Crippen molar-refractivity contribution in [1.29, 1.82) is 0 Å². The van der Waals surface area contributed by atoms with Crippen molar-refractivity contribution in [3.05, 3.63) is 77.9 Å². The van der Waals surface area contributed by atoms with Gasteiger partial charge < -0.3 is 10.1 Å². The van der Waals surface area contributed by atoms with Crippen molar-refractivity contribution in [3.8, 4) is 11.1 Å². The van der Waals surface area contributed by atoms with E-state index in [9.17, 15) is 22.8 Å². The molecule has 0 atom stereocenters. The van der Waals surface area contributed by atoms with Crippen LogP contribution in [-0.4, -0.2) is 89.8 Å². The van der Waals surface area contributed by atoms with Crippen LogP contribution in [0.4, 0.5) is 15.4 Å². The third-order valence-electron chi connectivity index (χ3n) is 10.6. The number of carbonyl (C=O) groups is 3. The molecule has 2 N–H and O–H groups in total. The third-order valence-corrected chi connectivity index (χ3v) is 12.5. The van der Waals surface area contributed by atoms with E-state index in [2.05, 4.69) is 57.0 Å². The molecular weight excluding hydrogens is 707 g/mol. The minimum absolute atomic E-state index is 0.132. The lowest BCUT2D eigenvalue weighted by Crippen LogP contribution is -2.49. The minimum Gasteiger partial charge on any atom is -0.444 e. The molecule has 54 heavy (non-hydrogen) atoms. The second-order valence-electron chi connectivity index (χ2n) is 15.6.